The molecule has 8 heteroatoms. The van der Waals surface area contributed by atoms with Gasteiger partial charge in [-0.15, -0.1) is 0 Å². The molecule has 1 saturated carbocycles. The fourth-order valence-corrected chi connectivity index (χ4v) is 4.08. The highest BCUT2D eigenvalue weighted by atomic mass is 35.5. The number of fused-ring (bicyclic) bond motifs is 1. The second-order valence-corrected chi connectivity index (χ2v) is 7.54. The number of aliphatic imine (C=N–C) groups is 1. The first-order chi connectivity index (χ1) is 13.1. The Balaban J connectivity index is 1.45. The van der Waals surface area contributed by atoms with Gasteiger partial charge >= 0.3 is 0 Å². The number of aromatic nitrogens is 3. The minimum absolute atomic E-state index is 0.0693. The fourth-order valence-electron chi connectivity index (χ4n) is 3.78. The molecule has 2 aromatic rings. The molecule has 2 N–H and O–H groups in total. The van der Waals surface area contributed by atoms with Crippen molar-refractivity contribution in [3.63, 3.8) is 0 Å². The smallest absolute Gasteiger partial charge is 0.192 e. The summed E-state index contributed by atoms with van der Waals surface area (Å²) in [6.07, 6.45) is 2.87. The number of nitrogens with one attached hydrogen (secondary N) is 2. The van der Waals surface area contributed by atoms with Gasteiger partial charge in [-0.05, 0) is 45.2 Å². The van der Waals surface area contributed by atoms with E-state index in [2.05, 4.69) is 25.7 Å². The molecule has 144 valence electrons. The molecule has 4 rings (SSSR count). The fraction of sp³-hybridized carbons (Fsp3) is 0.526. The molecule has 1 fully saturated rings. The highest BCUT2D eigenvalue weighted by Crippen LogP contribution is 2.44. The zero-order valence-electron chi connectivity index (χ0n) is 15.5. The van der Waals surface area contributed by atoms with Crippen LogP contribution in [0.4, 0.5) is 4.39 Å². The van der Waals surface area contributed by atoms with Gasteiger partial charge in [0.1, 0.15) is 17.5 Å². The third kappa shape index (κ3) is 3.78. The monoisotopic (exact) mass is 390 g/mol. The molecule has 0 radical (unpaired) electrons. The molecule has 0 saturated heterocycles. The summed E-state index contributed by atoms with van der Waals surface area (Å²) >= 11 is 6.21. The number of halogens is 2. The van der Waals surface area contributed by atoms with E-state index in [1.54, 1.807) is 12.1 Å². The van der Waals surface area contributed by atoms with E-state index in [4.69, 9.17) is 11.6 Å². The van der Waals surface area contributed by atoms with Crippen LogP contribution < -0.4 is 10.6 Å². The van der Waals surface area contributed by atoms with Gasteiger partial charge in [-0.25, -0.2) is 14.1 Å². The van der Waals surface area contributed by atoms with E-state index in [0.29, 0.717) is 17.1 Å². The SMILES string of the molecule is CCN=C(NC1CCCn2nc(C)nc21)NC1CC1c1c(F)cccc1Cl. The van der Waals surface area contributed by atoms with Crippen molar-refractivity contribution < 1.29 is 4.39 Å². The summed E-state index contributed by atoms with van der Waals surface area (Å²) < 4.78 is 16.1. The molecule has 2 heterocycles. The van der Waals surface area contributed by atoms with Crippen molar-refractivity contribution in [1.82, 2.24) is 25.4 Å². The summed E-state index contributed by atoms with van der Waals surface area (Å²) in [4.78, 5) is 9.13. The minimum atomic E-state index is -0.241. The van der Waals surface area contributed by atoms with Gasteiger partial charge in [0, 0.05) is 35.6 Å². The zero-order chi connectivity index (χ0) is 19.0. The first kappa shape index (κ1) is 18.2. The van der Waals surface area contributed by atoms with Gasteiger partial charge in [0.25, 0.3) is 0 Å². The second kappa shape index (κ2) is 7.46. The van der Waals surface area contributed by atoms with Crippen LogP contribution in [0.5, 0.6) is 0 Å². The molecule has 2 aliphatic rings. The Hall–Kier alpha value is -2.15. The number of hydrogen-bond acceptors (Lipinski definition) is 3. The van der Waals surface area contributed by atoms with E-state index < -0.39 is 0 Å². The van der Waals surface area contributed by atoms with Gasteiger partial charge in [0.15, 0.2) is 5.96 Å². The van der Waals surface area contributed by atoms with Crippen molar-refractivity contribution in [2.24, 2.45) is 4.99 Å². The molecule has 1 aromatic heterocycles. The Morgan fingerprint density at radius 2 is 2.26 bits per heavy atom. The van der Waals surface area contributed by atoms with Crippen LogP contribution in [-0.4, -0.2) is 33.3 Å². The Morgan fingerprint density at radius 3 is 3.04 bits per heavy atom. The van der Waals surface area contributed by atoms with E-state index in [1.807, 2.05) is 18.5 Å². The topological polar surface area (TPSA) is 67.1 Å². The predicted octanol–water partition coefficient (Wildman–Crippen LogP) is 3.33. The van der Waals surface area contributed by atoms with Crippen molar-refractivity contribution in [3.05, 3.63) is 46.3 Å². The molecule has 0 spiro atoms. The van der Waals surface area contributed by atoms with E-state index >= 15 is 0 Å². The molecular weight excluding hydrogens is 367 g/mol. The molecule has 1 aliphatic carbocycles. The van der Waals surface area contributed by atoms with Gasteiger partial charge < -0.3 is 10.6 Å². The van der Waals surface area contributed by atoms with Gasteiger partial charge in [0.2, 0.25) is 0 Å². The van der Waals surface area contributed by atoms with Crippen LogP contribution in [0, 0.1) is 12.7 Å². The van der Waals surface area contributed by atoms with Gasteiger partial charge in [-0.3, -0.25) is 4.99 Å². The van der Waals surface area contributed by atoms with Crippen LogP contribution in [0.25, 0.3) is 0 Å². The van der Waals surface area contributed by atoms with Crippen molar-refractivity contribution >= 4 is 17.6 Å². The molecule has 27 heavy (non-hydrogen) atoms. The average Bonchev–Trinajstić information content (AvgIpc) is 3.24. The van der Waals surface area contributed by atoms with E-state index in [-0.39, 0.29) is 23.8 Å². The summed E-state index contributed by atoms with van der Waals surface area (Å²) in [6, 6.07) is 5.05. The van der Waals surface area contributed by atoms with Crippen LogP contribution in [0.2, 0.25) is 5.02 Å². The van der Waals surface area contributed by atoms with Crippen LogP contribution in [-0.2, 0) is 6.54 Å². The summed E-state index contributed by atoms with van der Waals surface area (Å²) in [6.45, 7) is 5.47. The molecule has 3 unspecified atom stereocenters. The Labute approximate surface area is 163 Å². The maximum atomic E-state index is 14.2. The lowest BCUT2D eigenvalue weighted by molar-refractivity contribution is 0.397. The van der Waals surface area contributed by atoms with Crippen molar-refractivity contribution in [2.45, 2.75) is 57.7 Å². The molecule has 3 atom stereocenters. The van der Waals surface area contributed by atoms with Crippen molar-refractivity contribution in [2.75, 3.05) is 6.54 Å². The normalized spacial score (nSPS) is 24.4. The summed E-state index contributed by atoms with van der Waals surface area (Å²) in [5.74, 6) is 2.30. The number of rotatable bonds is 4. The number of hydrogen-bond donors (Lipinski definition) is 2. The van der Waals surface area contributed by atoms with Crippen LogP contribution in [0.3, 0.4) is 0 Å². The summed E-state index contributed by atoms with van der Waals surface area (Å²) in [7, 11) is 0. The highest BCUT2D eigenvalue weighted by molar-refractivity contribution is 6.31. The maximum Gasteiger partial charge on any atom is 0.192 e. The third-order valence-corrected chi connectivity index (χ3v) is 5.42. The lowest BCUT2D eigenvalue weighted by atomic mass is 10.1. The van der Waals surface area contributed by atoms with Gasteiger partial charge in [0.05, 0.1) is 6.04 Å². The minimum Gasteiger partial charge on any atom is -0.353 e. The molecule has 6 nitrogen and oxygen atoms in total. The average molecular weight is 391 g/mol. The zero-order valence-corrected chi connectivity index (χ0v) is 16.3. The molecule has 0 amide bonds. The number of nitrogens with zero attached hydrogens (tertiary/aromatic N) is 4. The Kier molecular flexibility index (Phi) is 5.04. The number of aryl methyl sites for hydroxylation is 2. The summed E-state index contributed by atoms with van der Waals surface area (Å²) in [5.41, 5.74) is 0.598. The molecule has 0 bridgehead atoms. The van der Waals surface area contributed by atoms with Crippen LogP contribution in [0.1, 0.15) is 55.4 Å². The largest absolute Gasteiger partial charge is 0.353 e. The summed E-state index contributed by atoms with van der Waals surface area (Å²) in [5, 5.41) is 11.9. The van der Waals surface area contributed by atoms with Crippen molar-refractivity contribution in [3.8, 4) is 0 Å². The predicted molar refractivity (Wildman–Crippen MR) is 104 cm³/mol. The first-order valence-electron chi connectivity index (χ1n) is 9.49. The van der Waals surface area contributed by atoms with Crippen LogP contribution in [0.15, 0.2) is 23.2 Å². The van der Waals surface area contributed by atoms with E-state index in [0.717, 1.165) is 43.4 Å². The molecule has 1 aromatic carbocycles. The maximum absolute atomic E-state index is 14.2. The van der Waals surface area contributed by atoms with Crippen LogP contribution >= 0.6 is 11.6 Å². The van der Waals surface area contributed by atoms with E-state index in [9.17, 15) is 4.39 Å². The third-order valence-electron chi connectivity index (χ3n) is 5.09. The number of guanidine groups is 1. The Bertz CT molecular complexity index is 844. The number of benzene rings is 1. The van der Waals surface area contributed by atoms with Gasteiger partial charge in [-0.1, -0.05) is 17.7 Å². The standard InChI is InChI=1S/C19H24ClFN6/c1-3-22-19(24-15-8-5-9-27-18(15)23-11(2)26-27)25-16-10-12(16)17-13(20)6-4-7-14(17)21/h4,6-7,12,15-16H,3,5,8-10H2,1-2H3,(H2,22,24,25). The van der Waals surface area contributed by atoms with E-state index in [1.165, 1.54) is 6.07 Å². The lowest BCUT2D eigenvalue weighted by Gasteiger charge is -2.25. The van der Waals surface area contributed by atoms with Crippen molar-refractivity contribution in [1.29, 1.82) is 0 Å². The second-order valence-electron chi connectivity index (χ2n) is 7.13. The van der Waals surface area contributed by atoms with Gasteiger partial charge in [-0.2, -0.15) is 5.10 Å². The molecular formula is C19H24ClFN6. The highest BCUT2D eigenvalue weighted by Gasteiger charge is 2.42. The Morgan fingerprint density at radius 1 is 1.41 bits per heavy atom. The first-order valence-corrected chi connectivity index (χ1v) is 9.87. The molecule has 1 aliphatic heterocycles. The quantitative estimate of drug-likeness (QED) is 0.620. The lowest BCUT2D eigenvalue weighted by Crippen LogP contribution is -2.43.